The summed E-state index contributed by atoms with van der Waals surface area (Å²) < 4.78 is 5.46. The van der Waals surface area contributed by atoms with Crippen LogP contribution in [0, 0.1) is 22.7 Å². The highest BCUT2D eigenvalue weighted by Gasteiger charge is 2.42. The number of nitrogens with zero attached hydrogens (tertiary/aromatic N) is 2. The van der Waals surface area contributed by atoms with Gasteiger partial charge in [-0.15, -0.1) is 0 Å². The van der Waals surface area contributed by atoms with Gasteiger partial charge in [0.15, 0.2) is 0 Å². The van der Waals surface area contributed by atoms with Crippen molar-refractivity contribution in [2.24, 2.45) is 11.3 Å². The maximum absolute atomic E-state index is 13.8. The van der Waals surface area contributed by atoms with Crippen LogP contribution in [-0.4, -0.2) is 41.4 Å². The minimum absolute atomic E-state index is 0.0443. The number of carbonyl (C=O) groups excluding carboxylic acids is 3. The minimum Gasteiger partial charge on any atom is -0.460 e. The summed E-state index contributed by atoms with van der Waals surface area (Å²) >= 11 is 0. The molecule has 2 aromatic carbocycles. The zero-order valence-electron chi connectivity index (χ0n) is 22.4. The molecule has 0 aliphatic carbocycles. The predicted octanol–water partition coefficient (Wildman–Crippen LogP) is 5.03. The first-order valence-corrected chi connectivity index (χ1v) is 12.8. The average molecular weight is 504 g/mol. The number of likely N-dealkylation sites (tertiary alicyclic amines) is 1. The van der Waals surface area contributed by atoms with Crippen molar-refractivity contribution in [3.63, 3.8) is 0 Å². The van der Waals surface area contributed by atoms with Gasteiger partial charge in [0.1, 0.15) is 5.60 Å². The van der Waals surface area contributed by atoms with Gasteiger partial charge < -0.3 is 15.0 Å². The van der Waals surface area contributed by atoms with Gasteiger partial charge in [0.25, 0.3) is 5.91 Å². The van der Waals surface area contributed by atoms with E-state index in [0.29, 0.717) is 30.6 Å². The topological polar surface area (TPSA) is 99.5 Å². The first-order valence-electron chi connectivity index (χ1n) is 12.8. The molecule has 37 heavy (non-hydrogen) atoms. The van der Waals surface area contributed by atoms with Gasteiger partial charge in [-0.2, -0.15) is 5.26 Å². The molecule has 1 atom stereocenters. The van der Waals surface area contributed by atoms with Crippen LogP contribution < -0.4 is 5.32 Å². The summed E-state index contributed by atoms with van der Waals surface area (Å²) in [6.45, 7) is 10.4. The average Bonchev–Trinajstić information content (AvgIpc) is 2.86. The number of hydrogen-bond donors (Lipinski definition) is 1. The molecule has 0 saturated carbocycles. The third-order valence-corrected chi connectivity index (χ3v) is 6.73. The Bertz CT molecular complexity index is 1140. The van der Waals surface area contributed by atoms with Gasteiger partial charge in [0.05, 0.1) is 23.1 Å². The molecule has 0 aromatic heterocycles. The maximum Gasteiger partial charge on any atom is 0.306 e. The Labute approximate surface area is 219 Å². The molecule has 7 nitrogen and oxygen atoms in total. The second-order valence-electron chi connectivity index (χ2n) is 11.3. The lowest BCUT2D eigenvalue weighted by atomic mass is 9.78. The number of rotatable bonds is 7. The SMILES string of the molecule is CC(C)(C)OC(=O)CC1CCN(C(=O)C(C)(C)C(NC(=O)c2ccc(C#N)cc2)c2ccccc2)CC1. The van der Waals surface area contributed by atoms with Crippen molar-refractivity contribution in [3.05, 3.63) is 71.3 Å². The molecule has 1 saturated heterocycles. The molecule has 1 N–H and O–H groups in total. The second kappa shape index (κ2) is 11.6. The van der Waals surface area contributed by atoms with Crippen LogP contribution in [-0.2, 0) is 14.3 Å². The van der Waals surface area contributed by atoms with Gasteiger partial charge in [-0.1, -0.05) is 30.3 Å². The molecule has 1 heterocycles. The molecule has 1 fully saturated rings. The Morgan fingerprint density at radius 2 is 1.59 bits per heavy atom. The van der Waals surface area contributed by atoms with Crippen LogP contribution in [0.25, 0.3) is 0 Å². The normalized spacial score (nSPS) is 15.4. The van der Waals surface area contributed by atoms with Gasteiger partial charge in [-0.3, -0.25) is 14.4 Å². The van der Waals surface area contributed by atoms with E-state index in [4.69, 9.17) is 10.00 Å². The number of hydrogen-bond acceptors (Lipinski definition) is 5. The van der Waals surface area contributed by atoms with Crippen LogP contribution in [0.2, 0.25) is 0 Å². The van der Waals surface area contributed by atoms with Crippen molar-refractivity contribution < 1.29 is 19.1 Å². The van der Waals surface area contributed by atoms with Crippen LogP contribution in [0.5, 0.6) is 0 Å². The summed E-state index contributed by atoms with van der Waals surface area (Å²) in [5, 5.41) is 12.1. The lowest BCUT2D eigenvalue weighted by Gasteiger charge is -2.41. The van der Waals surface area contributed by atoms with Crippen molar-refractivity contribution in [2.45, 2.75) is 65.5 Å². The summed E-state index contributed by atoms with van der Waals surface area (Å²) in [5.41, 5.74) is 0.295. The number of carbonyl (C=O) groups is 3. The van der Waals surface area contributed by atoms with Crippen LogP contribution in [0.1, 0.15) is 81.4 Å². The summed E-state index contributed by atoms with van der Waals surface area (Å²) in [7, 11) is 0. The van der Waals surface area contributed by atoms with E-state index in [9.17, 15) is 14.4 Å². The zero-order chi connectivity index (χ0) is 27.2. The van der Waals surface area contributed by atoms with Crippen molar-refractivity contribution >= 4 is 17.8 Å². The Kier molecular flexibility index (Phi) is 8.75. The van der Waals surface area contributed by atoms with E-state index in [1.807, 2.05) is 69.9 Å². The van der Waals surface area contributed by atoms with E-state index in [1.165, 1.54) is 0 Å². The van der Waals surface area contributed by atoms with Crippen molar-refractivity contribution in [2.75, 3.05) is 13.1 Å². The number of esters is 1. The zero-order valence-corrected chi connectivity index (χ0v) is 22.4. The number of nitrogens with one attached hydrogen (secondary N) is 1. The monoisotopic (exact) mass is 503 g/mol. The molecular formula is C30H37N3O4. The summed E-state index contributed by atoms with van der Waals surface area (Å²) in [5.74, 6) is -0.372. The fourth-order valence-corrected chi connectivity index (χ4v) is 4.73. The van der Waals surface area contributed by atoms with Crippen LogP contribution in [0.15, 0.2) is 54.6 Å². The molecule has 1 aliphatic rings. The highest BCUT2D eigenvalue weighted by atomic mass is 16.6. The van der Waals surface area contributed by atoms with E-state index in [0.717, 1.165) is 18.4 Å². The molecule has 0 spiro atoms. The minimum atomic E-state index is -0.929. The fraction of sp³-hybridized carbons (Fsp3) is 0.467. The predicted molar refractivity (Wildman–Crippen MR) is 141 cm³/mol. The molecule has 2 aromatic rings. The van der Waals surface area contributed by atoms with Gasteiger partial charge in [0, 0.05) is 25.1 Å². The molecule has 7 heteroatoms. The van der Waals surface area contributed by atoms with Gasteiger partial charge in [0.2, 0.25) is 5.91 Å². The van der Waals surface area contributed by atoms with Gasteiger partial charge in [-0.25, -0.2) is 0 Å². The number of nitriles is 1. The van der Waals surface area contributed by atoms with Crippen molar-refractivity contribution in [1.82, 2.24) is 10.2 Å². The standard InChI is InChI=1S/C30H37N3O4/c1-29(2,3)37-25(34)19-21-15-17-33(18-16-21)28(36)30(4,5)26(23-9-7-6-8-10-23)32-27(35)24-13-11-22(20-31)12-14-24/h6-14,21,26H,15-19H2,1-5H3,(H,32,35). The lowest BCUT2D eigenvalue weighted by Crippen LogP contribution is -2.51. The van der Waals surface area contributed by atoms with E-state index >= 15 is 0 Å². The Morgan fingerprint density at radius 3 is 2.14 bits per heavy atom. The molecule has 0 radical (unpaired) electrons. The highest BCUT2D eigenvalue weighted by Crippen LogP contribution is 2.37. The molecule has 2 amide bonds. The quantitative estimate of drug-likeness (QED) is 0.535. The third kappa shape index (κ3) is 7.42. The molecule has 3 rings (SSSR count). The second-order valence-corrected chi connectivity index (χ2v) is 11.3. The molecule has 0 bridgehead atoms. The van der Waals surface area contributed by atoms with E-state index < -0.39 is 17.1 Å². The summed E-state index contributed by atoms with van der Waals surface area (Å²) in [6, 6.07) is 17.4. The number of amides is 2. The van der Waals surface area contributed by atoms with E-state index in [1.54, 1.807) is 24.3 Å². The molecule has 1 aliphatic heterocycles. The summed E-state index contributed by atoms with van der Waals surface area (Å²) in [4.78, 5) is 41.0. The van der Waals surface area contributed by atoms with Crippen LogP contribution >= 0.6 is 0 Å². The largest absolute Gasteiger partial charge is 0.460 e. The maximum atomic E-state index is 13.8. The smallest absolute Gasteiger partial charge is 0.306 e. The first kappa shape index (κ1) is 27.9. The molecule has 1 unspecified atom stereocenters. The van der Waals surface area contributed by atoms with Crippen molar-refractivity contribution in [3.8, 4) is 6.07 Å². The first-order chi connectivity index (χ1) is 17.4. The van der Waals surface area contributed by atoms with E-state index in [2.05, 4.69) is 11.4 Å². The summed E-state index contributed by atoms with van der Waals surface area (Å²) in [6.07, 6.45) is 1.82. The highest BCUT2D eigenvalue weighted by molar-refractivity contribution is 5.95. The number of ether oxygens (including phenoxy) is 1. The van der Waals surface area contributed by atoms with Gasteiger partial charge in [-0.05, 0) is 83.2 Å². The third-order valence-electron chi connectivity index (χ3n) is 6.73. The molecular weight excluding hydrogens is 466 g/mol. The Balaban J connectivity index is 1.72. The van der Waals surface area contributed by atoms with Gasteiger partial charge >= 0.3 is 5.97 Å². The van der Waals surface area contributed by atoms with E-state index in [-0.39, 0.29) is 23.7 Å². The van der Waals surface area contributed by atoms with Crippen molar-refractivity contribution in [1.29, 1.82) is 5.26 Å². The Morgan fingerprint density at radius 1 is 1.00 bits per heavy atom. The number of benzene rings is 2. The fourth-order valence-electron chi connectivity index (χ4n) is 4.73. The van der Waals surface area contributed by atoms with Crippen LogP contribution in [0.4, 0.5) is 0 Å². The number of piperidine rings is 1. The Hall–Kier alpha value is -3.66. The molecule has 196 valence electrons. The lowest BCUT2D eigenvalue weighted by molar-refractivity contribution is -0.156. The van der Waals surface area contributed by atoms with Crippen LogP contribution in [0.3, 0.4) is 0 Å².